The van der Waals surface area contributed by atoms with Gasteiger partial charge in [0.1, 0.15) is 0 Å². The smallest absolute Gasteiger partial charge is 0.0668 e. The van der Waals surface area contributed by atoms with Crippen molar-refractivity contribution in [1.82, 2.24) is 0 Å². The second-order valence-electron chi connectivity index (χ2n) is 4.05. The van der Waals surface area contributed by atoms with Crippen molar-refractivity contribution < 1.29 is 4.74 Å². The summed E-state index contributed by atoms with van der Waals surface area (Å²) in [5.74, 6) is 0. The molecule has 0 aromatic heterocycles. The minimum Gasteiger partial charge on any atom is -0.377 e. The van der Waals surface area contributed by atoms with Gasteiger partial charge in [-0.2, -0.15) is 0 Å². The molecule has 0 N–H and O–H groups in total. The summed E-state index contributed by atoms with van der Waals surface area (Å²) in [6, 6.07) is 6.98. The van der Waals surface area contributed by atoms with Crippen molar-refractivity contribution in [1.29, 1.82) is 0 Å². The summed E-state index contributed by atoms with van der Waals surface area (Å²) in [5.41, 5.74) is 2.58. The molecule has 2 rings (SSSR count). The van der Waals surface area contributed by atoms with Crippen LogP contribution >= 0.6 is 15.9 Å². The van der Waals surface area contributed by atoms with E-state index < -0.39 is 0 Å². The van der Waals surface area contributed by atoms with Crippen LogP contribution in [-0.2, 0) is 4.74 Å². The molecule has 1 saturated heterocycles. The molecule has 0 bridgehead atoms. The number of ether oxygens (including phenoxy) is 1. The molecular weight excluding hydrogens is 266 g/mol. The van der Waals surface area contributed by atoms with Crippen LogP contribution in [0.2, 0.25) is 0 Å². The minimum absolute atomic E-state index is 0. The van der Waals surface area contributed by atoms with E-state index in [1.54, 1.807) is 0 Å². The molecule has 0 saturated carbocycles. The standard InChI is InChI=1S/C12H16BrNO.CH4/c1-9-7-11(3-4-12(9)13)14-5-6-15-8-10(14)2;/h3-4,7,10H,5-6,8H2,1-2H3;1H4/t10-;/m1./s1. The largest absolute Gasteiger partial charge is 0.377 e. The summed E-state index contributed by atoms with van der Waals surface area (Å²) >= 11 is 3.53. The lowest BCUT2D eigenvalue weighted by Crippen LogP contribution is -2.43. The van der Waals surface area contributed by atoms with Crippen molar-refractivity contribution in [2.24, 2.45) is 0 Å². The molecular formula is C13H20BrNO. The van der Waals surface area contributed by atoms with Crippen molar-refractivity contribution in [3.8, 4) is 0 Å². The Morgan fingerprint density at radius 2 is 2.19 bits per heavy atom. The lowest BCUT2D eigenvalue weighted by atomic mass is 10.1. The van der Waals surface area contributed by atoms with E-state index in [0.29, 0.717) is 6.04 Å². The highest BCUT2D eigenvalue weighted by Crippen LogP contribution is 2.25. The first-order chi connectivity index (χ1) is 7.18. The highest BCUT2D eigenvalue weighted by atomic mass is 79.9. The predicted octanol–water partition coefficient (Wildman–Crippen LogP) is 3.62. The van der Waals surface area contributed by atoms with Crippen LogP contribution in [0.3, 0.4) is 0 Å². The number of anilines is 1. The van der Waals surface area contributed by atoms with Crippen LogP contribution in [0.4, 0.5) is 5.69 Å². The first-order valence-electron chi connectivity index (χ1n) is 5.29. The zero-order valence-corrected chi connectivity index (χ0v) is 10.8. The van der Waals surface area contributed by atoms with Gasteiger partial charge in [0.25, 0.3) is 0 Å². The van der Waals surface area contributed by atoms with Gasteiger partial charge < -0.3 is 9.64 Å². The topological polar surface area (TPSA) is 12.5 Å². The molecule has 90 valence electrons. The first-order valence-corrected chi connectivity index (χ1v) is 6.08. The second kappa shape index (κ2) is 5.69. The van der Waals surface area contributed by atoms with Gasteiger partial charge in [0.05, 0.1) is 13.2 Å². The maximum Gasteiger partial charge on any atom is 0.0668 e. The van der Waals surface area contributed by atoms with E-state index in [9.17, 15) is 0 Å². The minimum atomic E-state index is 0. The van der Waals surface area contributed by atoms with E-state index in [1.807, 2.05) is 0 Å². The second-order valence-corrected chi connectivity index (χ2v) is 4.91. The van der Waals surface area contributed by atoms with E-state index in [2.05, 4.69) is 52.9 Å². The molecule has 16 heavy (non-hydrogen) atoms. The third-order valence-corrected chi connectivity index (χ3v) is 3.73. The fourth-order valence-corrected chi connectivity index (χ4v) is 2.16. The zero-order chi connectivity index (χ0) is 10.8. The lowest BCUT2D eigenvalue weighted by molar-refractivity contribution is 0.0989. The molecule has 1 aliphatic rings. The van der Waals surface area contributed by atoms with Crippen LogP contribution in [0.5, 0.6) is 0 Å². The highest BCUT2D eigenvalue weighted by molar-refractivity contribution is 9.10. The van der Waals surface area contributed by atoms with Crippen molar-refractivity contribution in [3.05, 3.63) is 28.2 Å². The molecule has 3 heteroatoms. The number of hydrogen-bond donors (Lipinski definition) is 0. The third-order valence-electron chi connectivity index (χ3n) is 2.84. The Hall–Kier alpha value is -0.540. The van der Waals surface area contributed by atoms with E-state index in [1.165, 1.54) is 15.7 Å². The van der Waals surface area contributed by atoms with Crippen molar-refractivity contribution in [2.75, 3.05) is 24.7 Å². The Labute approximate surface area is 107 Å². The molecule has 1 atom stereocenters. The Bertz CT molecular complexity index is 354. The Kier molecular flexibility index (Phi) is 4.81. The lowest BCUT2D eigenvalue weighted by Gasteiger charge is -2.35. The molecule has 2 nitrogen and oxygen atoms in total. The van der Waals surface area contributed by atoms with Gasteiger partial charge in [0, 0.05) is 22.7 Å². The average molecular weight is 286 g/mol. The quantitative estimate of drug-likeness (QED) is 0.782. The van der Waals surface area contributed by atoms with E-state index in [-0.39, 0.29) is 7.43 Å². The zero-order valence-electron chi connectivity index (χ0n) is 9.16. The van der Waals surface area contributed by atoms with E-state index >= 15 is 0 Å². The summed E-state index contributed by atoms with van der Waals surface area (Å²) in [6.45, 7) is 6.98. The van der Waals surface area contributed by atoms with Crippen LogP contribution in [0.15, 0.2) is 22.7 Å². The Morgan fingerprint density at radius 1 is 1.44 bits per heavy atom. The number of nitrogens with zero attached hydrogens (tertiary/aromatic N) is 1. The average Bonchev–Trinajstić information content (AvgIpc) is 2.23. The molecule has 1 heterocycles. The Morgan fingerprint density at radius 3 is 2.81 bits per heavy atom. The van der Waals surface area contributed by atoms with Crippen LogP contribution in [0.1, 0.15) is 19.9 Å². The number of aryl methyl sites for hydroxylation is 1. The molecule has 0 spiro atoms. The summed E-state index contributed by atoms with van der Waals surface area (Å²) in [5, 5.41) is 0. The van der Waals surface area contributed by atoms with Crippen molar-refractivity contribution >= 4 is 21.6 Å². The first kappa shape index (κ1) is 13.5. The maximum atomic E-state index is 5.44. The maximum absolute atomic E-state index is 5.44. The molecule has 0 amide bonds. The predicted molar refractivity (Wildman–Crippen MR) is 73.2 cm³/mol. The van der Waals surface area contributed by atoms with Crippen molar-refractivity contribution in [3.63, 3.8) is 0 Å². The van der Waals surface area contributed by atoms with E-state index in [0.717, 1.165) is 19.8 Å². The fourth-order valence-electron chi connectivity index (χ4n) is 1.92. The van der Waals surface area contributed by atoms with Gasteiger partial charge in [0.15, 0.2) is 0 Å². The number of hydrogen-bond acceptors (Lipinski definition) is 2. The van der Waals surface area contributed by atoms with Crippen LogP contribution < -0.4 is 4.90 Å². The van der Waals surface area contributed by atoms with Gasteiger partial charge in [-0.15, -0.1) is 0 Å². The molecule has 1 aliphatic heterocycles. The van der Waals surface area contributed by atoms with Crippen LogP contribution in [-0.4, -0.2) is 25.8 Å². The van der Waals surface area contributed by atoms with Gasteiger partial charge in [-0.1, -0.05) is 23.4 Å². The fraction of sp³-hybridized carbons (Fsp3) is 0.538. The summed E-state index contributed by atoms with van der Waals surface area (Å²) in [4.78, 5) is 2.41. The number of rotatable bonds is 1. The van der Waals surface area contributed by atoms with Crippen molar-refractivity contribution in [2.45, 2.75) is 27.3 Å². The number of benzene rings is 1. The number of morpholine rings is 1. The summed E-state index contributed by atoms with van der Waals surface area (Å²) in [6.07, 6.45) is 0. The SMILES string of the molecule is C.Cc1cc(N2CCOC[C@H]2C)ccc1Br. The van der Waals surface area contributed by atoms with Gasteiger partial charge in [-0.3, -0.25) is 0 Å². The molecule has 1 aromatic carbocycles. The molecule has 0 aliphatic carbocycles. The van der Waals surface area contributed by atoms with Crippen LogP contribution in [0.25, 0.3) is 0 Å². The molecule has 0 radical (unpaired) electrons. The van der Waals surface area contributed by atoms with Gasteiger partial charge in [0.2, 0.25) is 0 Å². The van der Waals surface area contributed by atoms with Gasteiger partial charge in [-0.05, 0) is 37.6 Å². The molecule has 1 aromatic rings. The monoisotopic (exact) mass is 285 g/mol. The van der Waals surface area contributed by atoms with Crippen LogP contribution in [0, 0.1) is 6.92 Å². The number of halogens is 1. The molecule has 1 fully saturated rings. The Balaban J connectivity index is 0.00000128. The van der Waals surface area contributed by atoms with E-state index in [4.69, 9.17) is 4.74 Å². The van der Waals surface area contributed by atoms with Gasteiger partial charge in [-0.25, -0.2) is 0 Å². The summed E-state index contributed by atoms with van der Waals surface area (Å²) < 4.78 is 6.61. The third kappa shape index (κ3) is 2.77. The molecule has 0 unspecified atom stereocenters. The van der Waals surface area contributed by atoms with Gasteiger partial charge >= 0.3 is 0 Å². The summed E-state index contributed by atoms with van der Waals surface area (Å²) in [7, 11) is 0. The highest BCUT2D eigenvalue weighted by Gasteiger charge is 2.19. The normalized spacial score (nSPS) is 20.4.